The van der Waals surface area contributed by atoms with Crippen LogP contribution in [0.5, 0.6) is 0 Å². The van der Waals surface area contributed by atoms with Crippen LogP contribution >= 0.6 is 11.6 Å². The molecule has 1 N–H and O–H groups in total. The lowest BCUT2D eigenvalue weighted by Gasteiger charge is -2.46. The lowest BCUT2D eigenvalue weighted by Crippen LogP contribution is -2.61. The molecule has 4 nitrogen and oxygen atoms in total. The van der Waals surface area contributed by atoms with E-state index in [4.69, 9.17) is 11.6 Å². The van der Waals surface area contributed by atoms with E-state index in [2.05, 4.69) is 20.4 Å². The van der Waals surface area contributed by atoms with Crippen molar-refractivity contribution in [2.24, 2.45) is 0 Å². The van der Waals surface area contributed by atoms with E-state index < -0.39 is 0 Å². The highest BCUT2D eigenvalue weighted by Gasteiger charge is 2.34. The molecule has 0 aromatic carbocycles. The molecule has 80 valence electrons. The Hall–Kier alpha value is -0.870. The van der Waals surface area contributed by atoms with Gasteiger partial charge in [0, 0.05) is 25.2 Å². The van der Waals surface area contributed by atoms with Crippen LogP contribution in [0.3, 0.4) is 0 Å². The number of fused-ring (bicyclic) bond motifs is 3. The summed E-state index contributed by atoms with van der Waals surface area (Å²) in [7, 11) is 0. The Kier molecular flexibility index (Phi) is 2.25. The maximum Gasteiger partial charge on any atom is 0.151 e. The van der Waals surface area contributed by atoms with Crippen molar-refractivity contribution in [1.82, 2.24) is 15.5 Å². The van der Waals surface area contributed by atoms with Crippen LogP contribution in [0.4, 0.5) is 5.82 Å². The van der Waals surface area contributed by atoms with Gasteiger partial charge >= 0.3 is 0 Å². The van der Waals surface area contributed by atoms with Gasteiger partial charge in [-0.1, -0.05) is 11.6 Å². The van der Waals surface area contributed by atoms with Crippen molar-refractivity contribution < 1.29 is 0 Å². The van der Waals surface area contributed by atoms with Gasteiger partial charge in [-0.05, 0) is 25.0 Å². The van der Waals surface area contributed by atoms with E-state index in [0.717, 1.165) is 18.9 Å². The number of aromatic nitrogens is 2. The third-order valence-corrected chi connectivity index (χ3v) is 3.46. The second kappa shape index (κ2) is 3.61. The van der Waals surface area contributed by atoms with Gasteiger partial charge in [0.25, 0.3) is 0 Å². The molecule has 1 aromatic heterocycles. The first-order valence-corrected chi connectivity index (χ1v) is 5.70. The van der Waals surface area contributed by atoms with E-state index in [-0.39, 0.29) is 0 Å². The SMILES string of the molecule is Clc1ccc(N2C[C@H]3CC[C@@H]2CN3)nn1. The second-order valence-corrected chi connectivity index (χ2v) is 4.59. The summed E-state index contributed by atoms with van der Waals surface area (Å²) in [6, 6.07) is 4.95. The van der Waals surface area contributed by atoms with E-state index in [1.54, 1.807) is 6.07 Å². The monoisotopic (exact) mass is 224 g/mol. The summed E-state index contributed by atoms with van der Waals surface area (Å²) in [5.41, 5.74) is 0. The zero-order valence-corrected chi connectivity index (χ0v) is 9.11. The second-order valence-electron chi connectivity index (χ2n) is 4.20. The van der Waals surface area contributed by atoms with Gasteiger partial charge in [-0.15, -0.1) is 10.2 Å². The van der Waals surface area contributed by atoms with Crippen molar-refractivity contribution in [1.29, 1.82) is 0 Å². The van der Waals surface area contributed by atoms with E-state index in [9.17, 15) is 0 Å². The summed E-state index contributed by atoms with van der Waals surface area (Å²) < 4.78 is 0. The molecule has 15 heavy (non-hydrogen) atoms. The Bertz CT molecular complexity index is 345. The van der Waals surface area contributed by atoms with E-state index >= 15 is 0 Å². The first-order chi connectivity index (χ1) is 7.33. The van der Waals surface area contributed by atoms with Crippen molar-refractivity contribution >= 4 is 17.4 Å². The van der Waals surface area contributed by atoms with Gasteiger partial charge in [-0.2, -0.15) is 0 Å². The molecule has 3 aliphatic rings. The summed E-state index contributed by atoms with van der Waals surface area (Å²) >= 11 is 5.73. The smallest absolute Gasteiger partial charge is 0.151 e. The van der Waals surface area contributed by atoms with Crippen LogP contribution in [-0.4, -0.2) is 35.4 Å². The third-order valence-electron chi connectivity index (χ3n) is 3.26. The molecule has 0 spiro atoms. The Morgan fingerprint density at radius 1 is 1.33 bits per heavy atom. The fraction of sp³-hybridized carbons (Fsp3) is 0.600. The number of piperazine rings is 1. The zero-order valence-electron chi connectivity index (χ0n) is 8.36. The molecule has 0 saturated carbocycles. The molecule has 3 fully saturated rings. The first-order valence-electron chi connectivity index (χ1n) is 5.32. The van der Waals surface area contributed by atoms with Gasteiger partial charge in [0.15, 0.2) is 11.0 Å². The minimum atomic E-state index is 0.457. The lowest BCUT2D eigenvalue weighted by molar-refractivity contribution is 0.288. The highest BCUT2D eigenvalue weighted by atomic mass is 35.5. The van der Waals surface area contributed by atoms with Crippen LogP contribution < -0.4 is 10.2 Å². The number of anilines is 1. The molecule has 0 amide bonds. The number of rotatable bonds is 1. The molecule has 0 unspecified atom stereocenters. The predicted octanol–water partition coefficient (Wildman–Crippen LogP) is 1.07. The number of hydrogen-bond donors (Lipinski definition) is 1. The molecular formula is C10H13ClN4. The summed E-state index contributed by atoms with van der Waals surface area (Å²) in [6.07, 6.45) is 2.53. The molecular weight excluding hydrogens is 212 g/mol. The average Bonchev–Trinajstić information content (AvgIpc) is 2.31. The molecule has 5 heteroatoms. The summed E-state index contributed by atoms with van der Waals surface area (Å²) in [5.74, 6) is 0.954. The first kappa shape index (κ1) is 9.36. The summed E-state index contributed by atoms with van der Waals surface area (Å²) in [4.78, 5) is 2.34. The number of piperidine rings is 2. The summed E-state index contributed by atoms with van der Waals surface area (Å²) in [5, 5.41) is 12.0. The topological polar surface area (TPSA) is 41.0 Å². The van der Waals surface area contributed by atoms with Crippen LogP contribution in [0, 0.1) is 0 Å². The Morgan fingerprint density at radius 2 is 2.27 bits per heavy atom. The van der Waals surface area contributed by atoms with Gasteiger partial charge in [0.05, 0.1) is 0 Å². The Labute approximate surface area is 93.6 Å². The highest BCUT2D eigenvalue weighted by molar-refractivity contribution is 6.29. The Morgan fingerprint density at radius 3 is 2.80 bits per heavy atom. The molecule has 2 atom stereocenters. The number of nitrogens with zero attached hydrogens (tertiary/aromatic N) is 3. The van der Waals surface area contributed by atoms with Crippen molar-refractivity contribution in [3.8, 4) is 0 Å². The predicted molar refractivity (Wildman–Crippen MR) is 59.2 cm³/mol. The van der Waals surface area contributed by atoms with Gasteiger partial charge in [0.1, 0.15) is 0 Å². The van der Waals surface area contributed by atoms with Gasteiger partial charge < -0.3 is 10.2 Å². The minimum Gasteiger partial charge on any atom is -0.349 e. The lowest BCUT2D eigenvalue weighted by atomic mass is 9.93. The molecule has 0 aliphatic carbocycles. The van der Waals surface area contributed by atoms with Crippen molar-refractivity contribution in [3.05, 3.63) is 17.3 Å². The highest BCUT2D eigenvalue weighted by Crippen LogP contribution is 2.26. The van der Waals surface area contributed by atoms with Crippen LogP contribution in [0.15, 0.2) is 12.1 Å². The molecule has 4 rings (SSSR count). The van der Waals surface area contributed by atoms with Gasteiger partial charge in [0.2, 0.25) is 0 Å². The van der Waals surface area contributed by atoms with Crippen LogP contribution in [0.25, 0.3) is 0 Å². The summed E-state index contributed by atoms with van der Waals surface area (Å²) in [6.45, 7) is 2.11. The standard InChI is InChI=1S/C10H13ClN4/c11-9-3-4-10(14-13-9)15-6-7-1-2-8(15)5-12-7/h3-4,7-8,12H,1-2,5-6H2/t7-,8-/m1/s1. The quantitative estimate of drug-likeness (QED) is 0.775. The average molecular weight is 225 g/mol. The maximum absolute atomic E-state index is 5.73. The van der Waals surface area contributed by atoms with Crippen LogP contribution in [0.1, 0.15) is 12.8 Å². The molecule has 1 aromatic rings. The minimum absolute atomic E-state index is 0.457. The van der Waals surface area contributed by atoms with Crippen LogP contribution in [-0.2, 0) is 0 Å². The Balaban J connectivity index is 1.85. The maximum atomic E-state index is 5.73. The zero-order chi connectivity index (χ0) is 10.3. The third kappa shape index (κ3) is 1.68. The fourth-order valence-electron chi connectivity index (χ4n) is 2.45. The van der Waals surface area contributed by atoms with E-state index in [1.807, 2.05) is 6.07 Å². The number of nitrogens with one attached hydrogen (secondary N) is 1. The largest absolute Gasteiger partial charge is 0.349 e. The molecule has 2 bridgehead atoms. The van der Waals surface area contributed by atoms with Crippen molar-refractivity contribution in [2.75, 3.05) is 18.0 Å². The normalized spacial score (nSPS) is 29.5. The fourth-order valence-corrected chi connectivity index (χ4v) is 2.55. The molecule has 4 heterocycles. The van der Waals surface area contributed by atoms with E-state index in [0.29, 0.717) is 17.2 Å². The molecule has 3 saturated heterocycles. The molecule has 3 aliphatic heterocycles. The number of hydrogen-bond acceptors (Lipinski definition) is 4. The number of halogens is 1. The molecule has 0 radical (unpaired) electrons. The van der Waals surface area contributed by atoms with Gasteiger partial charge in [-0.3, -0.25) is 0 Å². The van der Waals surface area contributed by atoms with Crippen molar-refractivity contribution in [2.45, 2.75) is 24.9 Å². The van der Waals surface area contributed by atoms with Gasteiger partial charge in [-0.25, -0.2) is 0 Å². The van der Waals surface area contributed by atoms with Crippen LogP contribution in [0.2, 0.25) is 5.15 Å². The van der Waals surface area contributed by atoms with E-state index in [1.165, 1.54) is 12.8 Å². The van der Waals surface area contributed by atoms with Crippen molar-refractivity contribution in [3.63, 3.8) is 0 Å².